The maximum absolute atomic E-state index is 6.03. The number of aromatic nitrogens is 1. The second-order valence-corrected chi connectivity index (χ2v) is 6.29. The zero-order valence-corrected chi connectivity index (χ0v) is 12.8. The van der Waals surface area contributed by atoms with Crippen LogP contribution in [0.3, 0.4) is 0 Å². The molecule has 1 aromatic heterocycles. The van der Waals surface area contributed by atoms with Gasteiger partial charge < -0.3 is 9.30 Å². The molecule has 1 aliphatic rings. The molecule has 0 bridgehead atoms. The standard InChI is InChI=1S/C17H16BrNO/c18-12-8-9-14-13-5-1-2-6-15(13)19(16(14)11-12)17-7-3-4-10-20-17/h1-2,5-6,8-9,11,17H,3-4,7,10H2. The van der Waals surface area contributed by atoms with Crippen LogP contribution in [0, 0.1) is 0 Å². The van der Waals surface area contributed by atoms with Crippen LogP contribution >= 0.6 is 15.9 Å². The number of rotatable bonds is 1. The van der Waals surface area contributed by atoms with E-state index in [9.17, 15) is 0 Å². The van der Waals surface area contributed by atoms with Crippen LogP contribution in [0.4, 0.5) is 0 Å². The van der Waals surface area contributed by atoms with E-state index in [4.69, 9.17) is 4.74 Å². The molecule has 2 heterocycles. The largest absolute Gasteiger partial charge is 0.358 e. The Hall–Kier alpha value is -1.32. The van der Waals surface area contributed by atoms with E-state index >= 15 is 0 Å². The van der Waals surface area contributed by atoms with Crippen LogP contribution in [0.1, 0.15) is 25.5 Å². The van der Waals surface area contributed by atoms with E-state index in [1.165, 1.54) is 34.6 Å². The minimum Gasteiger partial charge on any atom is -0.358 e. The molecule has 1 saturated heterocycles. The maximum atomic E-state index is 6.03. The van der Waals surface area contributed by atoms with E-state index in [0.29, 0.717) is 0 Å². The smallest absolute Gasteiger partial charge is 0.134 e. The maximum Gasteiger partial charge on any atom is 0.134 e. The number of hydrogen-bond acceptors (Lipinski definition) is 1. The highest BCUT2D eigenvalue weighted by molar-refractivity contribution is 9.10. The molecule has 20 heavy (non-hydrogen) atoms. The second kappa shape index (κ2) is 4.90. The highest BCUT2D eigenvalue weighted by atomic mass is 79.9. The van der Waals surface area contributed by atoms with Gasteiger partial charge in [0.1, 0.15) is 6.23 Å². The Labute approximate surface area is 126 Å². The molecule has 4 rings (SSSR count). The normalized spacial score (nSPS) is 19.8. The number of halogens is 1. The minimum absolute atomic E-state index is 0.167. The van der Waals surface area contributed by atoms with Crippen molar-refractivity contribution in [2.24, 2.45) is 0 Å². The van der Waals surface area contributed by atoms with E-state index in [1.807, 2.05) is 0 Å². The molecule has 102 valence electrons. The average molecular weight is 330 g/mol. The van der Waals surface area contributed by atoms with Crippen molar-refractivity contribution < 1.29 is 4.74 Å². The van der Waals surface area contributed by atoms with Gasteiger partial charge in [0.2, 0.25) is 0 Å². The summed E-state index contributed by atoms with van der Waals surface area (Å²) >= 11 is 3.59. The molecule has 2 nitrogen and oxygen atoms in total. The lowest BCUT2D eigenvalue weighted by Crippen LogP contribution is -2.17. The van der Waals surface area contributed by atoms with Crippen LogP contribution in [0.25, 0.3) is 21.8 Å². The van der Waals surface area contributed by atoms with Gasteiger partial charge in [-0.15, -0.1) is 0 Å². The molecule has 1 fully saturated rings. The van der Waals surface area contributed by atoms with Crippen molar-refractivity contribution in [2.45, 2.75) is 25.5 Å². The molecule has 2 aromatic carbocycles. The van der Waals surface area contributed by atoms with Gasteiger partial charge in [0.15, 0.2) is 0 Å². The topological polar surface area (TPSA) is 14.2 Å². The van der Waals surface area contributed by atoms with Crippen LogP contribution in [0.5, 0.6) is 0 Å². The summed E-state index contributed by atoms with van der Waals surface area (Å²) in [5.41, 5.74) is 2.53. The summed E-state index contributed by atoms with van der Waals surface area (Å²) in [7, 11) is 0. The molecule has 0 amide bonds. The average Bonchev–Trinajstić information content (AvgIpc) is 2.81. The van der Waals surface area contributed by atoms with Gasteiger partial charge in [0.05, 0.1) is 11.0 Å². The summed E-state index contributed by atoms with van der Waals surface area (Å²) in [6, 6.07) is 15.1. The summed E-state index contributed by atoms with van der Waals surface area (Å²) in [5, 5.41) is 2.61. The summed E-state index contributed by atoms with van der Waals surface area (Å²) in [6.45, 7) is 0.868. The lowest BCUT2D eigenvalue weighted by Gasteiger charge is -2.25. The first kappa shape index (κ1) is 12.4. The van der Waals surface area contributed by atoms with Crippen LogP contribution in [-0.4, -0.2) is 11.2 Å². The Morgan fingerprint density at radius 3 is 2.70 bits per heavy atom. The number of benzene rings is 2. The van der Waals surface area contributed by atoms with Crippen LogP contribution < -0.4 is 0 Å². The first-order valence-corrected chi connectivity index (χ1v) is 7.94. The Kier molecular flexibility index (Phi) is 3.04. The molecule has 0 radical (unpaired) electrons. The minimum atomic E-state index is 0.167. The predicted molar refractivity (Wildman–Crippen MR) is 86.0 cm³/mol. The number of ether oxygens (including phenoxy) is 1. The van der Waals surface area contributed by atoms with Gasteiger partial charge in [-0.25, -0.2) is 0 Å². The van der Waals surface area contributed by atoms with E-state index < -0.39 is 0 Å². The number of nitrogens with zero attached hydrogens (tertiary/aromatic N) is 1. The van der Waals surface area contributed by atoms with Gasteiger partial charge in [-0.05, 0) is 37.5 Å². The molecule has 0 N–H and O–H groups in total. The van der Waals surface area contributed by atoms with Crippen molar-refractivity contribution in [1.29, 1.82) is 0 Å². The van der Waals surface area contributed by atoms with E-state index in [1.54, 1.807) is 0 Å². The fourth-order valence-corrected chi connectivity index (χ4v) is 3.56. The number of fused-ring (bicyclic) bond motifs is 3. The van der Waals surface area contributed by atoms with Gasteiger partial charge in [-0.1, -0.05) is 40.2 Å². The third-order valence-electron chi connectivity index (χ3n) is 4.12. The zero-order chi connectivity index (χ0) is 13.5. The van der Waals surface area contributed by atoms with Gasteiger partial charge in [-0.2, -0.15) is 0 Å². The number of para-hydroxylation sites is 1. The van der Waals surface area contributed by atoms with Crippen molar-refractivity contribution in [3.63, 3.8) is 0 Å². The Balaban J connectivity index is 2.05. The van der Waals surface area contributed by atoms with E-state index in [-0.39, 0.29) is 6.23 Å². The lowest BCUT2D eigenvalue weighted by molar-refractivity contribution is -0.0267. The summed E-state index contributed by atoms with van der Waals surface area (Å²) in [5.74, 6) is 0. The Morgan fingerprint density at radius 1 is 1.00 bits per heavy atom. The Morgan fingerprint density at radius 2 is 1.85 bits per heavy atom. The van der Waals surface area contributed by atoms with Crippen LogP contribution in [-0.2, 0) is 4.74 Å². The highest BCUT2D eigenvalue weighted by Gasteiger charge is 2.20. The molecule has 3 heteroatoms. The van der Waals surface area contributed by atoms with Crippen molar-refractivity contribution in [3.05, 3.63) is 46.9 Å². The first-order chi connectivity index (χ1) is 9.84. The number of hydrogen-bond donors (Lipinski definition) is 0. The van der Waals surface area contributed by atoms with Crippen molar-refractivity contribution >= 4 is 37.7 Å². The molecule has 0 saturated carbocycles. The van der Waals surface area contributed by atoms with Gasteiger partial charge in [0, 0.05) is 21.9 Å². The monoisotopic (exact) mass is 329 g/mol. The molecular weight excluding hydrogens is 314 g/mol. The fourth-order valence-electron chi connectivity index (χ4n) is 3.21. The zero-order valence-electron chi connectivity index (χ0n) is 11.2. The molecule has 0 spiro atoms. The summed E-state index contributed by atoms with van der Waals surface area (Å²) in [4.78, 5) is 0. The Bertz CT molecular complexity index is 771. The van der Waals surface area contributed by atoms with Crippen molar-refractivity contribution in [2.75, 3.05) is 6.61 Å². The third kappa shape index (κ3) is 1.88. The molecule has 3 aromatic rings. The quantitative estimate of drug-likeness (QED) is 0.594. The molecule has 1 aliphatic heterocycles. The van der Waals surface area contributed by atoms with E-state index in [0.717, 1.165) is 17.5 Å². The van der Waals surface area contributed by atoms with Gasteiger partial charge in [-0.3, -0.25) is 0 Å². The SMILES string of the molecule is Brc1ccc2c3ccccc3n(C3CCCCO3)c2c1. The predicted octanol–water partition coefficient (Wildman–Crippen LogP) is 5.26. The highest BCUT2D eigenvalue weighted by Crippen LogP contribution is 2.36. The van der Waals surface area contributed by atoms with Gasteiger partial charge in [0.25, 0.3) is 0 Å². The molecule has 1 atom stereocenters. The molecular formula is C17H16BrNO. The summed E-state index contributed by atoms with van der Waals surface area (Å²) in [6.07, 6.45) is 3.69. The van der Waals surface area contributed by atoms with E-state index in [2.05, 4.69) is 63.0 Å². The third-order valence-corrected chi connectivity index (χ3v) is 4.61. The molecule has 1 unspecified atom stereocenters. The molecule has 0 aliphatic carbocycles. The van der Waals surface area contributed by atoms with Crippen LogP contribution in [0.2, 0.25) is 0 Å². The second-order valence-electron chi connectivity index (χ2n) is 5.37. The fraction of sp³-hybridized carbons (Fsp3) is 0.294. The van der Waals surface area contributed by atoms with Crippen molar-refractivity contribution in [3.8, 4) is 0 Å². The van der Waals surface area contributed by atoms with Crippen LogP contribution in [0.15, 0.2) is 46.9 Å². The van der Waals surface area contributed by atoms with Gasteiger partial charge >= 0.3 is 0 Å². The first-order valence-electron chi connectivity index (χ1n) is 7.14. The summed E-state index contributed by atoms with van der Waals surface area (Å²) < 4.78 is 9.51. The van der Waals surface area contributed by atoms with Crippen molar-refractivity contribution in [1.82, 2.24) is 4.57 Å². The lowest BCUT2D eigenvalue weighted by atomic mass is 10.2.